The van der Waals surface area contributed by atoms with E-state index in [-0.39, 0.29) is 53.0 Å². The molecule has 0 aromatic heterocycles. The monoisotopic (exact) mass is 1110 g/mol. The Kier molecular flexibility index (Phi) is 23.5. The van der Waals surface area contributed by atoms with Crippen LogP contribution in [0.15, 0.2) is 90.7 Å². The maximum absolute atomic E-state index is 10.9. The van der Waals surface area contributed by atoms with E-state index in [1.807, 2.05) is 12.1 Å². The number of phenolic OH excluding ortho intramolecular Hbond substituents is 1. The molecule has 5 rings (SSSR count). The molecule has 300 valence electrons. The molecule has 4 aromatic carbocycles. The number of nitro benzene ring substituents is 2. The van der Waals surface area contributed by atoms with Gasteiger partial charge >= 0.3 is 29.3 Å². The second-order valence-electron chi connectivity index (χ2n) is 9.61. The highest BCUT2D eigenvalue weighted by atomic mass is 79.9. The van der Waals surface area contributed by atoms with Crippen LogP contribution in [0.2, 0.25) is 0 Å². The minimum Gasteiger partial charge on any atom is -0.502 e. The quantitative estimate of drug-likeness (QED) is 0.0297. The number of carbonyl (C=O) groups excluding carboxylic acids is 4. The molecule has 4 N–H and O–H groups in total. The Morgan fingerprint density at radius 3 is 1.68 bits per heavy atom. The van der Waals surface area contributed by atoms with Crippen LogP contribution in [0.25, 0.3) is 0 Å². The van der Waals surface area contributed by atoms with Gasteiger partial charge < -0.3 is 30.4 Å². The lowest BCUT2D eigenvalue weighted by Crippen LogP contribution is -2.24. The zero-order chi connectivity index (χ0) is 42.5. The van der Waals surface area contributed by atoms with Crippen molar-refractivity contribution in [3.63, 3.8) is 0 Å². The molecule has 1 aliphatic rings. The fourth-order valence-electron chi connectivity index (χ4n) is 3.33. The lowest BCUT2D eigenvalue weighted by Gasteiger charge is -2.16. The number of carbonyl (C=O) groups is 4. The van der Waals surface area contributed by atoms with Crippen molar-refractivity contribution in [2.24, 2.45) is 0 Å². The number of fused-ring (bicyclic) bond motifs is 1. The fourth-order valence-corrected chi connectivity index (χ4v) is 4.88. The normalized spacial score (nSPS) is 10.5. The summed E-state index contributed by atoms with van der Waals surface area (Å²) in [5.74, 6) is -1.65. The van der Waals surface area contributed by atoms with Crippen LogP contribution in [0.3, 0.4) is 0 Å². The van der Waals surface area contributed by atoms with Gasteiger partial charge in [0.05, 0.1) is 27.1 Å². The molecule has 0 saturated heterocycles. The third-order valence-electron chi connectivity index (χ3n) is 5.58. The van der Waals surface area contributed by atoms with Gasteiger partial charge in [-0.05, 0) is 72.3 Å². The van der Waals surface area contributed by atoms with E-state index in [1.54, 1.807) is 24.3 Å². The first kappa shape index (κ1) is 50.3. The van der Waals surface area contributed by atoms with E-state index in [0.29, 0.717) is 26.1 Å². The highest BCUT2D eigenvalue weighted by molar-refractivity contribution is 9.11. The second-order valence-corrected chi connectivity index (χ2v) is 14.5. The zero-order valence-corrected chi connectivity index (χ0v) is 37.1. The number of nitrogens with one attached hydrogen (secondary N) is 1. The number of anilines is 2. The number of nitrogen functional groups attached to an aromatic ring is 1. The number of alkyl halides is 3. The van der Waals surface area contributed by atoms with Gasteiger partial charge in [-0.25, -0.2) is 4.79 Å². The number of nitrogens with two attached hydrogens (primary N) is 1. The van der Waals surface area contributed by atoms with Gasteiger partial charge in [0.15, 0.2) is 17.2 Å². The number of nitrogens with zero attached hydrogens (tertiary/aromatic N) is 2. The number of halogens is 8. The van der Waals surface area contributed by atoms with Gasteiger partial charge in [-0.1, -0.05) is 63.7 Å². The number of ether oxygens (including phenoxy) is 3. The predicted molar refractivity (Wildman–Crippen MR) is 224 cm³/mol. The van der Waals surface area contributed by atoms with E-state index in [2.05, 4.69) is 73.8 Å². The first-order valence-corrected chi connectivity index (χ1v) is 19.6. The summed E-state index contributed by atoms with van der Waals surface area (Å²) in [5.41, 5.74) is 6.24. The van der Waals surface area contributed by atoms with E-state index in [9.17, 15) is 39.4 Å². The van der Waals surface area contributed by atoms with Crippen molar-refractivity contribution in [3.05, 3.63) is 111 Å². The third-order valence-corrected chi connectivity index (χ3v) is 8.51. The molecule has 0 amide bonds. The number of esters is 3. The van der Waals surface area contributed by atoms with Crippen LogP contribution >= 0.6 is 110 Å². The van der Waals surface area contributed by atoms with E-state index in [0.717, 1.165) is 14.6 Å². The van der Waals surface area contributed by atoms with E-state index in [1.165, 1.54) is 36.4 Å². The Hall–Kier alpha value is -3.76. The molecule has 0 bridgehead atoms. The summed E-state index contributed by atoms with van der Waals surface area (Å²) in [6.07, 6.45) is 0. The highest BCUT2D eigenvalue weighted by Gasteiger charge is 2.18. The molecule has 0 saturated carbocycles. The average molecular weight is 1120 g/mol. The first-order valence-electron chi connectivity index (χ1n) is 14.4. The average Bonchev–Trinajstić information content (AvgIpc) is 3.15. The summed E-state index contributed by atoms with van der Waals surface area (Å²) in [5, 5.41) is 32.2. The molecule has 0 aliphatic carbocycles. The molecule has 16 nitrogen and oxygen atoms in total. The van der Waals surface area contributed by atoms with Gasteiger partial charge in [0.25, 0.3) is 0 Å². The molecular weight excluding hydrogens is 1090 g/mol. The van der Waals surface area contributed by atoms with Crippen molar-refractivity contribution >= 4 is 156 Å². The fraction of sp³-hybridized carbons (Fsp3) is 0.125. The van der Waals surface area contributed by atoms with E-state index >= 15 is 0 Å². The Labute approximate surface area is 370 Å². The Morgan fingerprint density at radius 1 is 0.750 bits per heavy atom. The maximum atomic E-state index is 10.9. The standard InChI is InChI=1S/C8H5BrClNO4.C8H7BrClNO2.C8H6BrNO2.C6H4BrNO3.C2H2Cl2O/c9-5-1-2-7(15-8(12)4-10)6(3-5)11(13)14;9-5-1-2-7(6(11)3-5)13-8(12)4-10;9-5-1-2-7-6(3-5)10-4-8(11)12-7;7-4-1-2-6(9)5(3-4)8(10)11;3-1-2(4)5/h1-3H,4H2;1-3H,4,11H2;1-3,10H,4H2;1-3,9H;1H2. The second kappa shape index (κ2) is 26.2. The third kappa shape index (κ3) is 19.4. The van der Waals surface area contributed by atoms with Crippen LogP contribution in [0.4, 0.5) is 22.7 Å². The molecule has 0 radical (unpaired) electrons. The van der Waals surface area contributed by atoms with Crippen LogP contribution in [0, 0.1) is 20.2 Å². The SMILES string of the molecule is Nc1cc(Br)ccc1OC(=O)CCl.O=C(CCl)Oc1ccc(Br)cc1[N+](=O)[O-].O=C(Cl)CCl.O=C1CNc2cc(Br)ccc2O1.O=[N+]([O-])c1cc(Br)ccc1O. The number of rotatable bonds is 7. The van der Waals surface area contributed by atoms with Crippen LogP contribution < -0.4 is 25.3 Å². The molecule has 1 heterocycles. The van der Waals surface area contributed by atoms with Gasteiger partial charge in [0.2, 0.25) is 11.0 Å². The lowest BCUT2D eigenvalue weighted by molar-refractivity contribution is -0.386. The summed E-state index contributed by atoms with van der Waals surface area (Å²) >= 11 is 32.7. The molecular formula is C32H24Br4Cl4N4O12. The van der Waals surface area contributed by atoms with E-state index in [4.69, 9.17) is 66.7 Å². The lowest BCUT2D eigenvalue weighted by atomic mass is 10.2. The van der Waals surface area contributed by atoms with Crippen molar-refractivity contribution in [1.82, 2.24) is 0 Å². The van der Waals surface area contributed by atoms with Gasteiger partial charge in [0, 0.05) is 30.0 Å². The summed E-state index contributed by atoms with van der Waals surface area (Å²) in [6.45, 7) is 0.240. The summed E-state index contributed by atoms with van der Waals surface area (Å²) < 4.78 is 17.4. The molecule has 0 fully saturated rings. The smallest absolute Gasteiger partial charge is 0.330 e. The Balaban J connectivity index is 0.000000360. The van der Waals surface area contributed by atoms with Crippen molar-refractivity contribution in [2.75, 3.05) is 35.2 Å². The minimum atomic E-state index is -0.734. The van der Waals surface area contributed by atoms with Crippen molar-refractivity contribution in [1.29, 1.82) is 0 Å². The summed E-state index contributed by atoms with van der Waals surface area (Å²) in [4.78, 5) is 61.4. The van der Waals surface area contributed by atoms with Crippen LogP contribution in [-0.4, -0.2) is 62.3 Å². The number of phenols is 1. The minimum absolute atomic E-state index is 0.0957. The van der Waals surface area contributed by atoms with Gasteiger partial charge in [-0.2, -0.15) is 0 Å². The molecule has 0 atom stereocenters. The summed E-state index contributed by atoms with van der Waals surface area (Å²) in [6, 6.07) is 18.6. The van der Waals surface area contributed by atoms with Crippen LogP contribution in [0.1, 0.15) is 0 Å². The van der Waals surface area contributed by atoms with Crippen LogP contribution in [0.5, 0.6) is 23.0 Å². The number of hydrogen-bond acceptors (Lipinski definition) is 14. The molecule has 4 aromatic rings. The van der Waals surface area contributed by atoms with Gasteiger partial charge in [-0.3, -0.25) is 34.6 Å². The molecule has 1 aliphatic heterocycles. The highest BCUT2D eigenvalue weighted by Crippen LogP contribution is 2.32. The molecule has 0 unspecified atom stereocenters. The number of hydrogen-bond donors (Lipinski definition) is 3. The van der Waals surface area contributed by atoms with Crippen LogP contribution in [-0.2, 0) is 19.2 Å². The topological polar surface area (TPSA) is 241 Å². The molecule has 24 heteroatoms. The Bertz CT molecular complexity index is 2050. The maximum Gasteiger partial charge on any atom is 0.330 e. The van der Waals surface area contributed by atoms with Crippen molar-refractivity contribution in [2.45, 2.75) is 0 Å². The largest absolute Gasteiger partial charge is 0.502 e. The van der Waals surface area contributed by atoms with Crippen molar-refractivity contribution < 1.29 is 48.3 Å². The van der Waals surface area contributed by atoms with E-state index < -0.39 is 27.0 Å². The molecule has 56 heavy (non-hydrogen) atoms. The van der Waals surface area contributed by atoms with Crippen molar-refractivity contribution in [3.8, 4) is 23.0 Å². The first-order chi connectivity index (χ1) is 26.3. The predicted octanol–water partition coefficient (Wildman–Crippen LogP) is 9.51. The zero-order valence-electron chi connectivity index (χ0n) is 27.7. The summed E-state index contributed by atoms with van der Waals surface area (Å²) in [7, 11) is 0. The number of benzene rings is 4. The number of aromatic hydroxyl groups is 1. The van der Waals surface area contributed by atoms with Gasteiger partial charge in [-0.15, -0.1) is 34.8 Å². The molecule has 0 spiro atoms. The number of nitro groups is 2. The Morgan fingerprint density at radius 2 is 1.20 bits per heavy atom. The van der Waals surface area contributed by atoms with Gasteiger partial charge in [0.1, 0.15) is 18.3 Å².